The van der Waals surface area contributed by atoms with Crippen molar-refractivity contribution in [3.05, 3.63) is 0 Å². The Morgan fingerprint density at radius 1 is 1.00 bits per heavy atom. The summed E-state index contributed by atoms with van der Waals surface area (Å²) >= 11 is 0. The molecule has 5 rings (SSSR count). The van der Waals surface area contributed by atoms with E-state index in [0.717, 1.165) is 24.2 Å². The van der Waals surface area contributed by atoms with Gasteiger partial charge in [-0.15, -0.1) is 0 Å². The molecule has 3 nitrogen and oxygen atoms in total. The maximum absolute atomic E-state index is 11.2. The number of rotatable bonds is 1. The molecule has 0 atom stereocenters. The maximum Gasteiger partial charge on any atom is 0.240 e. The Kier molecular flexibility index (Phi) is 1.98. The van der Waals surface area contributed by atoms with Crippen LogP contribution in [0.1, 0.15) is 51.4 Å². The zero-order valence-corrected chi connectivity index (χ0v) is 10.2. The summed E-state index contributed by atoms with van der Waals surface area (Å²) in [5.41, 5.74) is 4.43. The smallest absolute Gasteiger partial charge is 0.240 e. The van der Waals surface area contributed by atoms with Crippen molar-refractivity contribution in [3.8, 4) is 0 Å². The van der Waals surface area contributed by atoms with Gasteiger partial charge in [-0.1, -0.05) is 0 Å². The van der Waals surface area contributed by atoms with Crippen molar-refractivity contribution in [3.63, 3.8) is 0 Å². The van der Waals surface area contributed by atoms with Gasteiger partial charge in [-0.2, -0.15) is 5.10 Å². The molecular formula is C14H20N2O. The van der Waals surface area contributed by atoms with Gasteiger partial charge in [0.2, 0.25) is 5.91 Å². The molecule has 92 valence electrons. The fraction of sp³-hybridized carbons (Fsp3) is 0.857. The summed E-state index contributed by atoms with van der Waals surface area (Å²) in [6.45, 7) is 0. The fourth-order valence-electron chi connectivity index (χ4n) is 5.32. The number of carbonyl (C=O) groups excluding carboxylic acids is 1. The third-order valence-electron chi connectivity index (χ3n) is 5.55. The summed E-state index contributed by atoms with van der Waals surface area (Å²) in [6, 6.07) is 0. The van der Waals surface area contributed by atoms with Gasteiger partial charge in [0.25, 0.3) is 0 Å². The van der Waals surface area contributed by atoms with Crippen LogP contribution < -0.4 is 5.43 Å². The van der Waals surface area contributed by atoms with Gasteiger partial charge in [-0.25, -0.2) is 5.43 Å². The van der Waals surface area contributed by atoms with Crippen LogP contribution in [0.5, 0.6) is 0 Å². The quantitative estimate of drug-likeness (QED) is 0.741. The lowest BCUT2D eigenvalue weighted by Gasteiger charge is -2.57. The highest BCUT2D eigenvalue weighted by Gasteiger charge is 2.53. The zero-order chi connectivity index (χ0) is 11.5. The molecule has 1 N–H and O–H groups in total. The molecule has 0 unspecified atom stereocenters. The first-order valence-electron chi connectivity index (χ1n) is 7.09. The lowest BCUT2D eigenvalue weighted by atomic mass is 9.48. The average molecular weight is 232 g/mol. The van der Waals surface area contributed by atoms with E-state index in [9.17, 15) is 4.79 Å². The number of hydrogen-bond acceptors (Lipinski definition) is 2. The summed E-state index contributed by atoms with van der Waals surface area (Å²) in [7, 11) is 0. The van der Waals surface area contributed by atoms with Crippen LogP contribution in [0, 0.1) is 23.2 Å². The summed E-state index contributed by atoms with van der Waals surface area (Å²) in [5, 5.41) is 4.42. The molecule has 17 heavy (non-hydrogen) atoms. The number of nitrogens with zero attached hydrogens (tertiary/aromatic N) is 1. The van der Waals surface area contributed by atoms with Crippen LogP contribution in [0.25, 0.3) is 0 Å². The molecule has 0 radical (unpaired) electrons. The molecule has 1 amide bonds. The molecule has 4 aliphatic carbocycles. The standard InChI is InChI=1S/C14H20N2O/c17-13-2-1-12(15-16-13)14-6-9-3-10(7-14)5-11(4-9)8-14/h9-11H,1-8H2,(H,16,17). The van der Waals surface area contributed by atoms with E-state index in [1.54, 1.807) is 0 Å². The fourth-order valence-corrected chi connectivity index (χ4v) is 5.32. The van der Waals surface area contributed by atoms with Crippen LogP contribution in [-0.2, 0) is 4.79 Å². The van der Waals surface area contributed by atoms with E-state index >= 15 is 0 Å². The van der Waals surface area contributed by atoms with Gasteiger partial charge in [0.1, 0.15) is 0 Å². The summed E-state index contributed by atoms with van der Waals surface area (Å²) < 4.78 is 0. The third kappa shape index (κ3) is 1.47. The highest BCUT2D eigenvalue weighted by atomic mass is 16.2. The molecule has 0 aromatic rings. The number of hydrogen-bond donors (Lipinski definition) is 1. The van der Waals surface area contributed by atoms with E-state index in [4.69, 9.17) is 0 Å². The van der Waals surface area contributed by atoms with Crippen molar-refractivity contribution in [2.45, 2.75) is 51.4 Å². The normalized spacial score (nSPS) is 47.9. The summed E-state index contributed by atoms with van der Waals surface area (Å²) in [4.78, 5) is 11.2. The summed E-state index contributed by atoms with van der Waals surface area (Å²) in [6.07, 6.45) is 10.0. The molecule has 4 saturated carbocycles. The molecule has 3 heteroatoms. The lowest BCUT2D eigenvalue weighted by Crippen LogP contribution is -2.51. The van der Waals surface area contributed by atoms with E-state index in [0.29, 0.717) is 11.8 Å². The largest absolute Gasteiger partial charge is 0.273 e. The molecule has 1 heterocycles. The van der Waals surface area contributed by atoms with Gasteiger partial charge in [0.15, 0.2) is 0 Å². The minimum atomic E-state index is 0.0958. The van der Waals surface area contributed by atoms with Crippen LogP contribution in [0.4, 0.5) is 0 Å². The van der Waals surface area contributed by atoms with E-state index in [1.165, 1.54) is 44.2 Å². The number of nitrogens with one attached hydrogen (secondary N) is 1. The molecular weight excluding hydrogens is 212 g/mol. The Balaban J connectivity index is 1.66. The second kappa shape index (κ2) is 3.33. The van der Waals surface area contributed by atoms with Gasteiger partial charge in [-0.3, -0.25) is 4.79 Å². The monoisotopic (exact) mass is 232 g/mol. The molecule has 0 spiro atoms. The van der Waals surface area contributed by atoms with Crippen molar-refractivity contribution >= 4 is 11.6 Å². The minimum Gasteiger partial charge on any atom is -0.273 e. The van der Waals surface area contributed by atoms with Gasteiger partial charge < -0.3 is 0 Å². The van der Waals surface area contributed by atoms with Gasteiger partial charge in [-0.05, 0) is 62.7 Å². The van der Waals surface area contributed by atoms with Crippen LogP contribution in [-0.4, -0.2) is 11.6 Å². The lowest BCUT2D eigenvalue weighted by molar-refractivity contribution is -0.121. The topological polar surface area (TPSA) is 41.5 Å². The molecule has 1 aliphatic heterocycles. The second-order valence-electron chi connectivity index (χ2n) is 6.79. The van der Waals surface area contributed by atoms with E-state index in [-0.39, 0.29) is 5.91 Å². The molecule has 4 fully saturated rings. The highest BCUT2D eigenvalue weighted by Crippen LogP contribution is 2.61. The first-order chi connectivity index (χ1) is 8.23. The zero-order valence-electron chi connectivity index (χ0n) is 10.2. The first-order valence-corrected chi connectivity index (χ1v) is 7.09. The van der Waals surface area contributed by atoms with Gasteiger partial charge >= 0.3 is 0 Å². The predicted octanol–water partition coefficient (Wildman–Crippen LogP) is 2.47. The average Bonchev–Trinajstić information content (AvgIpc) is 2.27. The molecule has 0 saturated heterocycles. The Morgan fingerprint density at radius 2 is 1.59 bits per heavy atom. The van der Waals surface area contributed by atoms with Crippen molar-refractivity contribution in [2.75, 3.05) is 0 Å². The van der Waals surface area contributed by atoms with E-state index in [2.05, 4.69) is 10.5 Å². The highest BCUT2D eigenvalue weighted by molar-refractivity contribution is 5.96. The molecule has 4 bridgehead atoms. The molecule has 0 aromatic heterocycles. The van der Waals surface area contributed by atoms with E-state index in [1.807, 2.05) is 0 Å². The van der Waals surface area contributed by atoms with Crippen LogP contribution >= 0.6 is 0 Å². The van der Waals surface area contributed by atoms with Crippen molar-refractivity contribution in [1.29, 1.82) is 0 Å². The van der Waals surface area contributed by atoms with Crippen molar-refractivity contribution < 1.29 is 4.79 Å². The van der Waals surface area contributed by atoms with Crippen molar-refractivity contribution in [2.24, 2.45) is 28.3 Å². The minimum absolute atomic E-state index is 0.0958. The van der Waals surface area contributed by atoms with Crippen molar-refractivity contribution in [1.82, 2.24) is 5.43 Å². The van der Waals surface area contributed by atoms with Crippen LogP contribution in [0.2, 0.25) is 0 Å². The summed E-state index contributed by atoms with van der Waals surface area (Å²) in [5.74, 6) is 2.98. The molecule has 5 aliphatic rings. The number of amides is 1. The Bertz CT molecular complexity index is 364. The Hall–Kier alpha value is -0.860. The Labute approximate surface area is 102 Å². The third-order valence-corrected chi connectivity index (χ3v) is 5.55. The van der Waals surface area contributed by atoms with Gasteiger partial charge in [0.05, 0.1) is 0 Å². The van der Waals surface area contributed by atoms with E-state index < -0.39 is 0 Å². The van der Waals surface area contributed by atoms with Crippen LogP contribution in [0.3, 0.4) is 0 Å². The molecule has 0 aromatic carbocycles. The number of carbonyl (C=O) groups is 1. The maximum atomic E-state index is 11.2. The SMILES string of the molecule is O=C1CCC(C23CC4CC(CC(C4)C2)C3)=NN1. The predicted molar refractivity (Wildman–Crippen MR) is 65.4 cm³/mol. The Morgan fingerprint density at radius 3 is 2.06 bits per heavy atom. The van der Waals surface area contributed by atoms with Crippen LogP contribution in [0.15, 0.2) is 5.10 Å². The first kappa shape index (κ1) is 10.1. The second-order valence-corrected chi connectivity index (χ2v) is 6.79. The van der Waals surface area contributed by atoms with Gasteiger partial charge in [0, 0.05) is 17.5 Å². The number of hydrazone groups is 1.